The summed E-state index contributed by atoms with van der Waals surface area (Å²) in [5.41, 5.74) is 3.85. The number of amides is 1. The molecular formula is C31H31B3FN9O3. The fraction of sp³-hybridized carbons (Fsp3) is 0.387. The largest absolute Gasteiger partial charge is 0.453 e. The average molecular weight is 629 g/mol. The van der Waals surface area contributed by atoms with Crippen LogP contribution in [0.2, 0.25) is 0 Å². The number of benzene rings is 1. The van der Waals surface area contributed by atoms with Gasteiger partial charge >= 0.3 is 11.8 Å². The highest BCUT2D eigenvalue weighted by Gasteiger charge is 2.33. The van der Waals surface area contributed by atoms with Gasteiger partial charge in [-0.3, -0.25) is 18.5 Å². The predicted octanol–water partition coefficient (Wildman–Crippen LogP) is 3.51. The van der Waals surface area contributed by atoms with Gasteiger partial charge in [0, 0.05) is 36.3 Å². The van der Waals surface area contributed by atoms with Crippen molar-refractivity contribution in [2.45, 2.75) is 62.9 Å². The molecule has 1 amide bonds. The Morgan fingerprint density at radius 1 is 1.15 bits per heavy atom. The lowest BCUT2D eigenvalue weighted by molar-refractivity contribution is 0.166. The second-order valence-corrected chi connectivity index (χ2v) is 13.3. The number of methoxy groups -OCH3 is 1. The van der Waals surface area contributed by atoms with Crippen LogP contribution in [0.15, 0.2) is 41.6 Å². The van der Waals surface area contributed by atoms with Crippen molar-refractivity contribution in [1.82, 2.24) is 44.0 Å². The van der Waals surface area contributed by atoms with Gasteiger partial charge in [0.1, 0.15) is 5.65 Å². The number of H-pyrrole nitrogens is 1. The molecule has 12 nitrogen and oxygen atoms in total. The fourth-order valence-electron chi connectivity index (χ4n) is 6.80. The van der Waals surface area contributed by atoms with Crippen molar-refractivity contribution in [2.24, 2.45) is 7.05 Å². The van der Waals surface area contributed by atoms with Gasteiger partial charge in [-0.1, -0.05) is 6.07 Å². The molecule has 47 heavy (non-hydrogen) atoms. The van der Waals surface area contributed by atoms with Crippen LogP contribution in [0.4, 0.5) is 9.18 Å². The summed E-state index contributed by atoms with van der Waals surface area (Å²) >= 11 is 0. The van der Waals surface area contributed by atoms with Crippen LogP contribution < -0.4 is 11.0 Å². The average Bonchev–Trinajstić information content (AvgIpc) is 3.82. The molecule has 1 aromatic carbocycles. The number of nitrogens with one attached hydrogen (secondary N) is 2. The number of alkyl carbamates (subject to hydrolysis) is 1. The maximum atomic E-state index is 15.7. The van der Waals surface area contributed by atoms with Crippen molar-refractivity contribution in [3.63, 3.8) is 0 Å². The monoisotopic (exact) mass is 629 g/mol. The van der Waals surface area contributed by atoms with Gasteiger partial charge in [0.05, 0.1) is 81.8 Å². The van der Waals surface area contributed by atoms with Gasteiger partial charge in [0.2, 0.25) is 5.95 Å². The Hall–Kier alpha value is -4.75. The Kier molecular flexibility index (Phi) is 6.99. The minimum absolute atomic E-state index is 0.0652. The normalized spacial score (nSPS) is 17.3. The molecule has 5 heterocycles. The smallest absolute Gasteiger partial charge is 0.407 e. The van der Waals surface area contributed by atoms with Crippen LogP contribution in [0, 0.1) is 5.95 Å². The molecule has 0 saturated heterocycles. The maximum absolute atomic E-state index is 15.7. The summed E-state index contributed by atoms with van der Waals surface area (Å²) in [5.74, 6) is -0.848. The summed E-state index contributed by atoms with van der Waals surface area (Å²) < 4.78 is 26.7. The van der Waals surface area contributed by atoms with Gasteiger partial charge in [-0.05, 0) is 63.0 Å². The first-order valence-corrected chi connectivity index (χ1v) is 15.2. The topological polar surface area (TPSA) is 130 Å². The molecule has 1 saturated carbocycles. The van der Waals surface area contributed by atoms with E-state index in [0.29, 0.717) is 52.6 Å². The Morgan fingerprint density at radius 2 is 1.91 bits per heavy atom. The van der Waals surface area contributed by atoms with Crippen LogP contribution in [0.25, 0.3) is 55.4 Å². The number of hydrogen-bond acceptors (Lipinski definition) is 6. The van der Waals surface area contributed by atoms with Crippen molar-refractivity contribution >= 4 is 62.6 Å². The summed E-state index contributed by atoms with van der Waals surface area (Å²) in [7, 11) is 20.6. The number of nitrogens with zero attached hydrogens (tertiary/aromatic N) is 7. The number of carbonyl (C=O) groups is 1. The standard InChI is InChI=1S/C31H31B3FN9O3/c1-30(2,3)44-20-9-6-15(10-16(20)12-37-44)22-23-25-21(41(4)29(46)43(25)18-8-7-17(11-18)38-28(45)47-5)13-36-27(23)39-24(22)19-14-42(31(32,33)34)40-26(19)35/h6,9-10,12-14,17-18H,7-8,11H2,1-5H3,(H,36,39)(H,38,45)/t17-,18-/m1/s1. The summed E-state index contributed by atoms with van der Waals surface area (Å²) in [4.78, 5) is 33.9. The molecule has 0 spiro atoms. The molecule has 1 fully saturated rings. The minimum Gasteiger partial charge on any atom is -0.453 e. The zero-order valence-electron chi connectivity index (χ0n) is 26.7. The highest BCUT2D eigenvalue weighted by Crippen LogP contribution is 2.44. The van der Waals surface area contributed by atoms with E-state index in [1.807, 2.05) is 22.9 Å². The first-order chi connectivity index (χ1) is 22.2. The molecule has 6 radical (unpaired) electrons. The summed E-state index contributed by atoms with van der Waals surface area (Å²) in [6.07, 6.45) is 6.08. The molecule has 0 unspecified atom stereocenters. The van der Waals surface area contributed by atoms with Gasteiger partial charge in [-0.25, -0.2) is 14.6 Å². The number of ether oxygens (including phenoxy) is 1. The van der Waals surface area contributed by atoms with Crippen LogP contribution in [0.5, 0.6) is 0 Å². The molecule has 1 aliphatic rings. The highest BCUT2D eigenvalue weighted by molar-refractivity contribution is 6.56. The van der Waals surface area contributed by atoms with Crippen molar-refractivity contribution in [1.29, 1.82) is 0 Å². The number of carbonyl (C=O) groups excluding carboxylic acids is 1. The van der Waals surface area contributed by atoms with E-state index in [4.69, 9.17) is 33.3 Å². The van der Waals surface area contributed by atoms with Crippen molar-refractivity contribution in [3.8, 4) is 22.4 Å². The number of aromatic nitrogens is 8. The van der Waals surface area contributed by atoms with Crippen molar-refractivity contribution in [3.05, 3.63) is 53.2 Å². The van der Waals surface area contributed by atoms with Crippen LogP contribution in [-0.2, 0) is 22.6 Å². The quantitative estimate of drug-likeness (QED) is 0.281. The van der Waals surface area contributed by atoms with Crippen LogP contribution >= 0.6 is 0 Å². The SMILES string of the molecule is [B]C([B])([B])n1cc(-c2[nH]c3ncc4c(c3c2-c2ccc3c(cnn3C(C)(C)C)c2)n([C@@H]2CC[C@@H](NC(=O)OC)C2)c(=O)n4C)c(F)n1. The number of aryl methyl sites for hydroxylation is 1. The molecule has 2 atom stereocenters. The Bertz CT molecular complexity index is 2270. The Balaban J connectivity index is 1.52. The molecule has 7 rings (SSSR count). The minimum atomic E-state index is -1.95. The molecule has 1 aliphatic carbocycles. The van der Waals surface area contributed by atoms with E-state index in [1.54, 1.807) is 28.6 Å². The lowest BCUT2D eigenvalue weighted by Crippen LogP contribution is -2.35. The van der Waals surface area contributed by atoms with E-state index in [-0.39, 0.29) is 28.9 Å². The number of aromatic amines is 1. The second-order valence-electron chi connectivity index (χ2n) is 13.3. The first-order valence-electron chi connectivity index (χ1n) is 15.2. The molecule has 16 heteroatoms. The van der Waals surface area contributed by atoms with Crippen LogP contribution in [-0.4, -0.2) is 81.4 Å². The predicted molar refractivity (Wildman–Crippen MR) is 179 cm³/mol. The second kappa shape index (κ2) is 10.6. The molecule has 234 valence electrons. The van der Waals surface area contributed by atoms with Gasteiger partial charge < -0.3 is 15.0 Å². The van der Waals surface area contributed by atoms with E-state index < -0.39 is 17.3 Å². The zero-order valence-corrected chi connectivity index (χ0v) is 26.7. The molecule has 0 aliphatic heterocycles. The number of imidazole rings is 1. The third-order valence-corrected chi connectivity index (χ3v) is 8.98. The summed E-state index contributed by atoms with van der Waals surface area (Å²) in [6, 6.07) is 5.49. The van der Waals surface area contributed by atoms with E-state index in [2.05, 4.69) is 41.3 Å². The number of halogens is 1. The van der Waals surface area contributed by atoms with Gasteiger partial charge in [0.25, 0.3) is 0 Å². The Morgan fingerprint density at radius 3 is 2.60 bits per heavy atom. The van der Waals surface area contributed by atoms with Crippen molar-refractivity contribution < 1.29 is 13.9 Å². The van der Waals surface area contributed by atoms with Gasteiger partial charge in [-0.15, -0.1) is 5.10 Å². The number of hydrogen-bond donors (Lipinski definition) is 2. The van der Waals surface area contributed by atoms with E-state index in [9.17, 15) is 9.59 Å². The maximum Gasteiger partial charge on any atom is 0.407 e. The molecule has 2 N–H and O–H groups in total. The van der Waals surface area contributed by atoms with E-state index in [1.165, 1.54) is 13.3 Å². The molecule has 0 bridgehead atoms. The van der Waals surface area contributed by atoms with E-state index >= 15 is 4.39 Å². The van der Waals surface area contributed by atoms with Gasteiger partial charge in [-0.2, -0.15) is 9.49 Å². The third kappa shape index (κ3) is 4.96. The number of rotatable bonds is 5. The van der Waals surface area contributed by atoms with Crippen LogP contribution in [0.1, 0.15) is 46.1 Å². The van der Waals surface area contributed by atoms with Crippen molar-refractivity contribution in [2.75, 3.05) is 7.11 Å². The highest BCUT2D eigenvalue weighted by atomic mass is 19.1. The van der Waals surface area contributed by atoms with Gasteiger partial charge in [0.15, 0.2) is 0 Å². The fourth-order valence-corrected chi connectivity index (χ4v) is 6.80. The third-order valence-electron chi connectivity index (χ3n) is 8.98. The van der Waals surface area contributed by atoms with Crippen LogP contribution in [0.3, 0.4) is 0 Å². The lowest BCUT2D eigenvalue weighted by Gasteiger charge is -2.20. The number of fused-ring (bicyclic) bond motifs is 4. The summed E-state index contributed by atoms with van der Waals surface area (Å²) in [5, 5.41) is 10.9. The van der Waals surface area contributed by atoms with E-state index in [0.717, 1.165) is 21.1 Å². The Labute approximate surface area is 272 Å². The molecular weight excluding hydrogens is 598 g/mol. The lowest BCUT2D eigenvalue weighted by atomic mass is 9.49. The molecule has 5 aromatic heterocycles. The first kappa shape index (κ1) is 30.9. The number of pyridine rings is 1. The summed E-state index contributed by atoms with van der Waals surface area (Å²) in [6.45, 7) is 6.22. The molecule has 6 aromatic rings. The zero-order chi connectivity index (χ0) is 33.6.